The number of alkyl halides is 2. The van der Waals surface area contributed by atoms with Gasteiger partial charge in [0.2, 0.25) is 0 Å². The Morgan fingerprint density at radius 1 is 1.29 bits per heavy atom. The van der Waals surface area contributed by atoms with Crippen LogP contribution in [0.1, 0.15) is 5.56 Å². The Morgan fingerprint density at radius 2 is 2.07 bits per heavy atom. The van der Waals surface area contributed by atoms with Crippen molar-refractivity contribution in [2.75, 3.05) is 6.54 Å². The van der Waals surface area contributed by atoms with Crippen LogP contribution in [0.4, 0.5) is 8.78 Å². The predicted octanol–water partition coefficient (Wildman–Crippen LogP) is 2.22. The Morgan fingerprint density at radius 3 is 2.79 bits per heavy atom. The van der Waals surface area contributed by atoms with Crippen LogP contribution in [0.2, 0.25) is 0 Å². The molecule has 1 heterocycles. The number of nitrogens with one attached hydrogen (secondary N) is 1. The molecule has 2 rings (SSSR count). The van der Waals surface area contributed by atoms with Gasteiger partial charge in [-0.1, -0.05) is 12.1 Å². The van der Waals surface area contributed by atoms with Gasteiger partial charge in [-0.15, -0.1) is 0 Å². The molecule has 0 aliphatic rings. The second-order valence-electron chi connectivity index (χ2n) is 3.15. The number of nitrogens with two attached hydrogens (primary N) is 1. The summed E-state index contributed by atoms with van der Waals surface area (Å²) >= 11 is 0. The number of H-pyrrole nitrogens is 1. The van der Waals surface area contributed by atoms with Gasteiger partial charge in [0.1, 0.15) is 0 Å². The van der Waals surface area contributed by atoms with Crippen molar-refractivity contribution in [1.82, 2.24) is 4.98 Å². The molecule has 2 nitrogen and oxygen atoms in total. The molecule has 0 aliphatic carbocycles. The Kier molecular flexibility index (Phi) is 2.00. The molecule has 74 valence electrons. The van der Waals surface area contributed by atoms with Crippen molar-refractivity contribution in [3.05, 3.63) is 36.0 Å². The van der Waals surface area contributed by atoms with Crippen LogP contribution >= 0.6 is 0 Å². The summed E-state index contributed by atoms with van der Waals surface area (Å²) in [6.45, 7) is -0.669. The topological polar surface area (TPSA) is 41.8 Å². The number of aromatic amines is 1. The van der Waals surface area contributed by atoms with Crippen LogP contribution < -0.4 is 5.73 Å². The molecule has 0 saturated heterocycles. The van der Waals surface area contributed by atoms with Gasteiger partial charge < -0.3 is 10.7 Å². The third kappa shape index (κ3) is 1.28. The second kappa shape index (κ2) is 3.06. The molecular formula is C10H10F2N2. The summed E-state index contributed by atoms with van der Waals surface area (Å²) in [6, 6.07) is 6.39. The number of aromatic nitrogens is 1. The number of rotatable bonds is 2. The number of hydrogen-bond donors (Lipinski definition) is 2. The molecule has 3 N–H and O–H groups in total. The Balaban J connectivity index is 2.67. The summed E-state index contributed by atoms with van der Waals surface area (Å²) in [4.78, 5) is 2.88. The van der Waals surface area contributed by atoms with Gasteiger partial charge in [0, 0.05) is 22.7 Å². The van der Waals surface area contributed by atoms with Gasteiger partial charge in [-0.2, -0.15) is 8.78 Å². The number of fused-ring (bicyclic) bond motifs is 1. The lowest BCUT2D eigenvalue weighted by atomic mass is 10.0. The first kappa shape index (κ1) is 9.15. The largest absolute Gasteiger partial charge is 0.361 e. The van der Waals surface area contributed by atoms with Gasteiger partial charge >= 0.3 is 0 Å². The maximum atomic E-state index is 13.4. The van der Waals surface area contributed by atoms with Crippen LogP contribution in [0, 0.1) is 0 Å². The summed E-state index contributed by atoms with van der Waals surface area (Å²) < 4.78 is 26.7. The molecule has 0 fully saturated rings. The summed E-state index contributed by atoms with van der Waals surface area (Å²) in [5.74, 6) is -2.96. The number of benzene rings is 1. The molecule has 14 heavy (non-hydrogen) atoms. The standard InChI is InChI=1S/C10H10F2N2/c11-10(12,6-13)8-2-1-3-9-7(8)4-5-14-9/h1-5,14H,6,13H2. The van der Waals surface area contributed by atoms with Gasteiger partial charge in [0.05, 0.1) is 6.54 Å². The molecule has 0 aliphatic heterocycles. The molecule has 0 atom stereocenters. The molecule has 2 aromatic rings. The Hall–Kier alpha value is -1.42. The van der Waals surface area contributed by atoms with Crippen LogP contribution in [0.25, 0.3) is 10.9 Å². The summed E-state index contributed by atoms with van der Waals surface area (Å²) in [7, 11) is 0. The van der Waals surface area contributed by atoms with Crippen LogP contribution in [0.5, 0.6) is 0 Å². The minimum absolute atomic E-state index is 0.0150. The SMILES string of the molecule is NCC(F)(F)c1cccc2[nH]ccc12. The van der Waals surface area contributed by atoms with Crippen molar-refractivity contribution in [1.29, 1.82) is 0 Å². The molecule has 4 heteroatoms. The molecular weight excluding hydrogens is 186 g/mol. The first-order chi connectivity index (χ1) is 6.65. The Bertz CT molecular complexity index is 448. The molecule has 0 amide bonds. The van der Waals surface area contributed by atoms with E-state index < -0.39 is 12.5 Å². The average molecular weight is 196 g/mol. The van der Waals surface area contributed by atoms with Crippen molar-refractivity contribution < 1.29 is 8.78 Å². The minimum atomic E-state index is -2.96. The molecule has 0 radical (unpaired) electrons. The van der Waals surface area contributed by atoms with Crippen LogP contribution in [-0.2, 0) is 5.92 Å². The second-order valence-corrected chi connectivity index (χ2v) is 3.15. The van der Waals surface area contributed by atoms with Gasteiger partial charge in [0.15, 0.2) is 0 Å². The smallest absolute Gasteiger partial charge is 0.285 e. The monoisotopic (exact) mass is 196 g/mol. The highest BCUT2D eigenvalue weighted by Crippen LogP contribution is 2.32. The molecule has 0 bridgehead atoms. The Labute approximate surface area is 79.7 Å². The molecule has 0 spiro atoms. The van der Waals surface area contributed by atoms with Gasteiger partial charge in [-0.25, -0.2) is 0 Å². The van der Waals surface area contributed by atoms with Crippen LogP contribution in [-0.4, -0.2) is 11.5 Å². The van der Waals surface area contributed by atoms with Crippen molar-refractivity contribution in [3.63, 3.8) is 0 Å². The highest BCUT2D eigenvalue weighted by molar-refractivity contribution is 5.83. The highest BCUT2D eigenvalue weighted by atomic mass is 19.3. The van der Waals surface area contributed by atoms with E-state index in [4.69, 9.17) is 5.73 Å². The van der Waals surface area contributed by atoms with E-state index in [0.717, 1.165) is 0 Å². The van der Waals surface area contributed by atoms with Crippen LogP contribution in [0.15, 0.2) is 30.5 Å². The van der Waals surface area contributed by atoms with E-state index in [2.05, 4.69) is 4.98 Å². The fourth-order valence-corrected chi connectivity index (χ4v) is 1.51. The van der Waals surface area contributed by atoms with Crippen molar-refractivity contribution in [2.24, 2.45) is 5.73 Å². The lowest BCUT2D eigenvalue weighted by molar-refractivity contribution is 0.00754. The predicted molar refractivity (Wildman–Crippen MR) is 51.2 cm³/mol. The molecule has 1 aromatic carbocycles. The van der Waals surface area contributed by atoms with Crippen molar-refractivity contribution in [2.45, 2.75) is 5.92 Å². The third-order valence-electron chi connectivity index (χ3n) is 2.25. The summed E-state index contributed by atoms with van der Waals surface area (Å²) in [5, 5.41) is 0.531. The van der Waals surface area contributed by atoms with E-state index >= 15 is 0 Å². The third-order valence-corrected chi connectivity index (χ3v) is 2.25. The van der Waals surface area contributed by atoms with E-state index in [1.54, 1.807) is 24.4 Å². The summed E-state index contributed by atoms with van der Waals surface area (Å²) in [5.41, 5.74) is 5.73. The zero-order valence-corrected chi connectivity index (χ0v) is 7.43. The lowest BCUT2D eigenvalue weighted by Crippen LogP contribution is -2.25. The maximum Gasteiger partial charge on any atom is 0.285 e. The van der Waals surface area contributed by atoms with E-state index in [1.165, 1.54) is 6.07 Å². The lowest BCUT2D eigenvalue weighted by Gasteiger charge is -2.14. The van der Waals surface area contributed by atoms with Crippen LogP contribution in [0.3, 0.4) is 0 Å². The van der Waals surface area contributed by atoms with Crippen molar-refractivity contribution >= 4 is 10.9 Å². The zero-order chi connectivity index (χ0) is 10.2. The zero-order valence-electron chi connectivity index (χ0n) is 7.43. The molecule has 0 saturated carbocycles. The minimum Gasteiger partial charge on any atom is -0.361 e. The fourth-order valence-electron chi connectivity index (χ4n) is 1.51. The maximum absolute atomic E-state index is 13.4. The normalized spacial score (nSPS) is 12.2. The molecule has 1 aromatic heterocycles. The van der Waals surface area contributed by atoms with Gasteiger partial charge in [-0.05, 0) is 12.1 Å². The van der Waals surface area contributed by atoms with E-state index in [-0.39, 0.29) is 5.56 Å². The first-order valence-corrected chi connectivity index (χ1v) is 4.29. The van der Waals surface area contributed by atoms with Gasteiger partial charge in [0.25, 0.3) is 5.92 Å². The van der Waals surface area contributed by atoms with Gasteiger partial charge in [-0.3, -0.25) is 0 Å². The van der Waals surface area contributed by atoms with E-state index in [0.29, 0.717) is 10.9 Å². The number of hydrogen-bond acceptors (Lipinski definition) is 1. The molecule has 0 unspecified atom stereocenters. The number of halogens is 2. The quantitative estimate of drug-likeness (QED) is 0.759. The summed E-state index contributed by atoms with van der Waals surface area (Å²) in [6.07, 6.45) is 1.64. The fraction of sp³-hybridized carbons (Fsp3) is 0.200. The average Bonchev–Trinajstić information content (AvgIpc) is 2.64. The van der Waals surface area contributed by atoms with Crippen molar-refractivity contribution in [3.8, 4) is 0 Å². The van der Waals surface area contributed by atoms with E-state index in [9.17, 15) is 8.78 Å². The van der Waals surface area contributed by atoms with E-state index in [1.807, 2.05) is 0 Å². The first-order valence-electron chi connectivity index (χ1n) is 4.29. The highest BCUT2D eigenvalue weighted by Gasteiger charge is 2.31.